The number of nitrogens with zero attached hydrogens (tertiary/aromatic N) is 1. The van der Waals surface area contributed by atoms with Gasteiger partial charge in [0.25, 0.3) is 0 Å². The van der Waals surface area contributed by atoms with Gasteiger partial charge in [-0.1, -0.05) is 32.6 Å². The van der Waals surface area contributed by atoms with Crippen LogP contribution in [-0.4, -0.2) is 38.3 Å². The molecule has 1 fully saturated rings. The van der Waals surface area contributed by atoms with Gasteiger partial charge in [0.05, 0.1) is 6.54 Å². The van der Waals surface area contributed by atoms with Crippen LogP contribution in [0.4, 0.5) is 0 Å². The smallest absolute Gasteiger partial charge is 0.107 e. The van der Waals surface area contributed by atoms with Gasteiger partial charge in [0, 0.05) is 7.11 Å². The van der Waals surface area contributed by atoms with Crippen molar-refractivity contribution in [3.05, 3.63) is 0 Å². The fourth-order valence-corrected chi connectivity index (χ4v) is 1.51. The van der Waals surface area contributed by atoms with Crippen molar-refractivity contribution in [2.45, 2.75) is 33.6 Å². The molecule has 0 spiro atoms. The molecule has 1 aliphatic heterocycles. The van der Waals surface area contributed by atoms with E-state index in [0.717, 1.165) is 12.5 Å². The van der Waals surface area contributed by atoms with E-state index in [9.17, 15) is 0 Å². The van der Waals surface area contributed by atoms with Crippen LogP contribution in [0.1, 0.15) is 33.6 Å². The van der Waals surface area contributed by atoms with Crippen molar-refractivity contribution < 1.29 is 4.74 Å². The SMILES string of the molecule is CC.COCC#CCN1CCC(C)CC1. The van der Waals surface area contributed by atoms with Crippen LogP contribution in [0.15, 0.2) is 0 Å². The van der Waals surface area contributed by atoms with Crippen LogP contribution in [-0.2, 0) is 4.74 Å². The van der Waals surface area contributed by atoms with Gasteiger partial charge < -0.3 is 4.74 Å². The first-order valence-corrected chi connectivity index (χ1v) is 6.00. The second-order valence-corrected chi connectivity index (χ2v) is 3.75. The van der Waals surface area contributed by atoms with Crippen LogP contribution in [0.25, 0.3) is 0 Å². The Labute approximate surface area is 95.0 Å². The highest BCUT2D eigenvalue weighted by Gasteiger charge is 2.13. The van der Waals surface area contributed by atoms with E-state index in [2.05, 4.69) is 23.7 Å². The highest BCUT2D eigenvalue weighted by molar-refractivity contribution is 5.01. The Morgan fingerprint density at radius 3 is 2.33 bits per heavy atom. The minimum absolute atomic E-state index is 0.560. The molecule has 2 nitrogen and oxygen atoms in total. The number of ether oxygens (including phenoxy) is 1. The molecule has 88 valence electrons. The number of hydrogen-bond donors (Lipinski definition) is 0. The van der Waals surface area contributed by atoms with Crippen molar-refractivity contribution >= 4 is 0 Å². The minimum Gasteiger partial charge on any atom is -0.372 e. The van der Waals surface area contributed by atoms with Gasteiger partial charge >= 0.3 is 0 Å². The van der Waals surface area contributed by atoms with Crippen LogP contribution in [0, 0.1) is 17.8 Å². The van der Waals surface area contributed by atoms with Gasteiger partial charge in [-0.05, 0) is 31.8 Å². The Morgan fingerprint density at radius 2 is 1.80 bits per heavy atom. The predicted octanol–water partition coefficient (Wildman–Crippen LogP) is 2.39. The molecular formula is C13H25NO. The molecule has 15 heavy (non-hydrogen) atoms. The van der Waals surface area contributed by atoms with Gasteiger partial charge in [-0.25, -0.2) is 0 Å². The molecule has 0 aliphatic carbocycles. The minimum atomic E-state index is 0.560. The molecule has 0 unspecified atom stereocenters. The third-order valence-electron chi connectivity index (χ3n) is 2.52. The fourth-order valence-electron chi connectivity index (χ4n) is 1.51. The first-order chi connectivity index (χ1) is 7.33. The zero-order valence-electron chi connectivity index (χ0n) is 10.7. The van der Waals surface area contributed by atoms with Gasteiger partial charge in [0.2, 0.25) is 0 Å². The van der Waals surface area contributed by atoms with Crippen molar-refractivity contribution in [2.24, 2.45) is 5.92 Å². The van der Waals surface area contributed by atoms with Gasteiger partial charge in [-0.15, -0.1) is 0 Å². The summed E-state index contributed by atoms with van der Waals surface area (Å²) in [5.41, 5.74) is 0. The fraction of sp³-hybridized carbons (Fsp3) is 0.846. The molecule has 0 aromatic heterocycles. The van der Waals surface area contributed by atoms with Crippen LogP contribution in [0.5, 0.6) is 0 Å². The maximum absolute atomic E-state index is 4.86. The van der Waals surface area contributed by atoms with E-state index >= 15 is 0 Å². The summed E-state index contributed by atoms with van der Waals surface area (Å²) in [6.45, 7) is 10.2. The second kappa shape index (κ2) is 10.0. The van der Waals surface area contributed by atoms with E-state index in [4.69, 9.17) is 4.74 Å². The summed E-state index contributed by atoms with van der Waals surface area (Å²) < 4.78 is 4.86. The molecule has 0 atom stereocenters. The van der Waals surface area contributed by atoms with Gasteiger partial charge in [0.1, 0.15) is 6.61 Å². The topological polar surface area (TPSA) is 12.5 Å². The van der Waals surface area contributed by atoms with E-state index in [1.165, 1.54) is 25.9 Å². The zero-order valence-corrected chi connectivity index (χ0v) is 10.7. The molecule has 0 N–H and O–H groups in total. The Balaban J connectivity index is 0.000000921. The quantitative estimate of drug-likeness (QED) is 0.650. The number of hydrogen-bond acceptors (Lipinski definition) is 2. The average Bonchev–Trinajstić information content (AvgIpc) is 2.30. The second-order valence-electron chi connectivity index (χ2n) is 3.75. The maximum atomic E-state index is 4.86. The number of rotatable bonds is 2. The molecule has 1 heterocycles. The van der Waals surface area contributed by atoms with E-state index in [-0.39, 0.29) is 0 Å². The van der Waals surface area contributed by atoms with Crippen molar-refractivity contribution in [1.29, 1.82) is 0 Å². The monoisotopic (exact) mass is 211 g/mol. The summed E-state index contributed by atoms with van der Waals surface area (Å²) in [5.74, 6) is 7.01. The van der Waals surface area contributed by atoms with Crippen molar-refractivity contribution in [2.75, 3.05) is 33.4 Å². The maximum Gasteiger partial charge on any atom is 0.107 e. The summed E-state index contributed by atoms with van der Waals surface area (Å²) >= 11 is 0. The number of methoxy groups -OCH3 is 1. The number of likely N-dealkylation sites (tertiary alicyclic amines) is 1. The third kappa shape index (κ3) is 7.41. The normalized spacial score (nSPS) is 17.3. The summed E-state index contributed by atoms with van der Waals surface area (Å²) in [7, 11) is 1.68. The molecule has 0 saturated carbocycles. The lowest BCUT2D eigenvalue weighted by atomic mass is 9.99. The van der Waals surface area contributed by atoms with Crippen LogP contribution in [0.2, 0.25) is 0 Å². The Bertz CT molecular complexity index is 184. The Kier molecular flexibility index (Phi) is 9.67. The van der Waals surface area contributed by atoms with Crippen LogP contribution >= 0.6 is 0 Å². The molecule has 1 aliphatic rings. The van der Waals surface area contributed by atoms with Crippen molar-refractivity contribution in [1.82, 2.24) is 4.90 Å². The average molecular weight is 211 g/mol. The molecule has 1 rings (SSSR count). The molecule has 0 bridgehead atoms. The largest absolute Gasteiger partial charge is 0.372 e. The summed E-state index contributed by atoms with van der Waals surface area (Å²) in [5, 5.41) is 0. The molecule has 0 aromatic rings. The Morgan fingerprint density at radius 1 is 1.20 bits per heavy atom. The first kappa shape index (κ1) is 14.5. The lowest BCUT2D eigenvalue weighted by Gasteiger charge is -2.28. The molecular weight excluding hydrogens is 186 g/mol. The molecule has 0 amide bonds. The van der Waals surface area contributed by atoms with E-state index < -0.39 is 0 Å². The standard InChI is InChI=1S/C11H19NO.C2H6/c1-11-5-8-12(9-6-11)7-3-4-10-13-2;1-2/h11H,5-10H2,1-2H3;1-2H3. The predicted molar refractivity (Wildman–Crippen MR) is 65.8 cm³/mol. The lowest BCUT2D eigenvalue weighted by molar-refractivity contribution is 0.212. The first-order valence-electron chi connectivity index (χ1n) is 6.00. The van der Waals surface area contributed by atoms with E-state index in [0.29, 0.717) is 6.61 Å². The molecule has 0 aromatic carbocycles. The van der Waals surface area contributed by atoms with Crippen LogP contribution in [0.3, 0.4) is 0 Å². The third-order valence-corrected chi connectivity index (χ3v) is 2.52. The molecule has 1 saturated heterocycles. The summed E-state index contributed by atoms with van der Waals surface area (Å²) in [6.07, 6.45) is 2.65. The lowest BCUT2D eigenvalue weighted by Crippen LogP contribution is -2.33. The zero-order chi connectivity index (χ0) is 11.5. The van der Waals surface area contributed by atoms with Gasteiger partial charge in [-0.2, -0.15) is 0 Å². The van der Waals surface area contributed by atoms with Gasteiger partial charge in [-0.3, -0.25) is 4.90 Å². The van der Waals surface area contributed by atoms with Gasteiger partial charge in [0.15, 0.2) is 0 Å². The highest BCUT2D eigenvalue weighted by Crippen LogP contribution is 2.14. The van der Waals surface area contributed by atoms with E-state index in [1.54, 1.807) is 7.11 Å². The van der Waals surface area contributed by atoms with Crippen molar-refractivity contribution in [3.63, 3.8) is 0 Å². The Hall–Kier alpha value is -0.520. The van der Waals surface area contributed by atoms with Crippen LogP contribution < -0.4 is 0 Å². The van der Waals surface area contributed by atoms with E-state index in [1.807, 2.05) is 13.8 Å². The van der Waals surface area contributed by atoms with Crippen molar-refractivity contribution in [3.8, 4) is 11.8 Å². The highest BCUT2D eigenvalue weighted by atomic mass is 16.5. The molecule has 0 radical (unpaired) electrons. The summed E-state index contributed by atoms with van der Waals surface area (Å²) in [6, 6.07) is 0. The number of piperidine rings is 1. The molecule has 2 heteroatoms. The summed E-state index contributed by atoms with van der Waals surface area (Å²) in [4.78, 5) is 2.42.